The van der Waals surface area contributed by atoms with Crippen LogP contribution >= 0.6 is 0 Å². The van der Waals surface area contributed by atoms with Crippen molar-refractivity contribution < 1.29 is 14.3 Å². The van der Waals surface area contributed by atoms with Crippen molar-refractivity contribution in [2.75, 3.05) is 13.2 Å². The number of aliphatic hydroxyl groups is 1. The molecule has 0 aliphatic carbocycles. The zero-order valence-electron chi connectivity index (χ0n) is 10.9. The number of halogens is 1. The van der Waals surface area contributed by atoms with Crippen LogP contribution in [0.2, 0.25) is 0 Å². The normalized spacial score (nSPS) is 11.3. The molecular formula is C14H20FNO2. The molecule has 1 aromatic rings. The average molecular weight is 253 g/mol. The first-order chi connectivity index (χ1) is 8.43. The Hall–Kier alpha value is -1.42. The van der Waals surface area contributed by atoms with Gasteiger partial charge < -0.3 is 10.4 Å². The molecule has 0 unspecified atom stereocenters. The highest BCUT2D eigenvalue weighted by Gasteiger charge is 2.17. The maximum atomic E-state index is 12.7. The highest BCUT2D eigenvalue weighted by Crippen LogP contribution is 2.11. The summed E-state index contributed by atoms with van der Waals surface area (Å²) in [6, 6.07) is 6.14. The summed E-state index contributed by atoms with van der Waals surface area (Å²) in [5.74, 6) is -0.325. The van der Waals surface area contributed by atoms with E-state index in [1.165, 1.54) is 12.1 Å². The molecule has 0 heterocycles. The number of nitrogens with one attached hydrogen (secondary N) is 1. The highest BCUT2D eigenvalue weighted by atomic mass is 19.1. The topological polar surface area (TPSA) is 49.3 Å². The number of benzene rings is 1. The van der Waals surface area contributed by atoms with E-state index in [9.17, 15) is 9.18 Å². The van der Waals surface area contributed by atoms with E-state index >= 15 is 0 Å². The molecule has 0 saturated heterocycles. The van der Waals surface area contributed by atoms with Crippen LogP contribution in [-0.4, -0.2) is 24.2 Å². The van der Waals surface area contributed by atoms with Gasteiger partial charge in [-0.2, -0.15) is 0 Å². The molecule has 0 aliphatic rings. The van der Waals surface area contributed by atoms with Gasteiger partial charge in [-0.15, -0.1) is 0 Å². The molecule has 2 N–H and O–H groups in total. The van der Waals surface area contributed by atoms with Gasteiger partial charge in [0.2, 0.25) is 5.91 Å². The molecule has 18 heavy (non-hydrogen) atoms. The van der Waals surface area contributed by atoms with Gasteiger partial charge in [0.25, 0.3) is 0 Å². The number of rotatable bonds is 6. The quantitative estimate of drug-likeness (QED) is 0.813. The average Bonchev–Trinajstić information content (AvgIpc) is 2.36. The summed E-state index contributed by atoms with van der Waals surface area (Å²) >= 11 is 0. The first-order valence-electron chi connectivity index (χ1n) is 6.05. The molecule has 100 valence electrons. The summed E-state index contributed by atoms with van der Waals surface area (Å²) in [4.78, 5) is 11.6. The van der Waals surface area contributed by atoms with Crippen LogP contribution in [0.4, 0.5) is 4.39 Å². The van der Waals surface area contributed by atoms with E-state index in [-0.39, 0.29) is 23.7 Å². The predicted molar refractivity (Wildman–Crippen MR) is 68.6 cm³/mol. The number of carbonyl (C=O) groups is 1. The lowest BCUT2D eigenvalue weighted by molar-refractivity contribution is -0.121. The molecule has 0 spiro atoms. The van der Waals surface area contributed by atoms with Crippen molar-refractivity contribution in [3.8, 4) is 0 Å². The summed E-state index contributed by atoms with van der Waals surface area (Å²) < 4.78 is 12.7. The van der Waals surface area contributed by atoms with E-state index in [4.69, 9.17) is 5.11 Å². The second-order valence-corrected chi connectivity index (χ2v) is 5.23. The van der Waals surface area contributed by atoms with Crippen LogP contribution in [0.25, 0.3) is 0 Å². The lowest BCUT2D eigenvalue weighted by atomic mass is 9.95. The van der Waals surface area contributed by atoms with Crippen LogP contribution in [-0.2, 0) is 11.2 Å². The van der Waals surface area contributed by atoms with Crippen molar-refractivity contribution in [2.24, 2.45) is 5.41 Å². The summed E-state index contributed by atoms with van der Waals surface area (Å²) in [5.41, 5.74) is 0.638. The van der Waals surface area contributed by atoms with Crippen LogP contribution in [0.5, 0.6) is 0 Å². The van der Waals surface area contributed by atoms with E-state index in [2.05, 4.69) is 5.32 Å². The molecule has 0 atom stereocenters. The molecule has 0 fully saturated rings. The highest BCUT2D eigenvalue weighted by molar-refractivity contribution is 5.76. The molecule has 0 aliphatic heterocycles. The molecule has 3 nitrogen and oxygen atoms in total. The minimum Gasteiger partial charge on any atom is -0.396 e. The SMILES string of the molecule is CC(C)(CO)CNC(=O)CCc1ccc(F)cc1. The Morgan fingerprint density at radius 3 is 2.50 bits per heavy atom. The van der Waals surface area contributed by atoms with Gasteiger partial charge in [-0.05, 0) is 24.1 Å². The minimum atomic E-state index is -0.300. The van der Waals surface area contributed by atoms with Crippen LogP contribution in [0, 0.1) is 11.2 Å². The molecule has 1 rings (SSSR count). The van der Waals surface area contributed by atoms with E-state index in [0.717, 1.165) is 5.56 Å². The van der Waals surface area contributed by atoms with Crippen molar-refractivity contribution in [3.05, 3.63) is 35.6 Å². The van der Waals surface area contributed by atoms with E-state index in [1.807, 2.05) is 13.8 Å². The number of hydrogen-bond acceptors (Lipinski definition) is 2. The van der Waals surface area contributed by atoms with Crippen molar-refractivity contribution in [1.29, 1.82) is 0 Å². The number of carbonyl (C=O) groups excluding carboxylic acids is 1. The first kappa shape index (κ1) is 14.6. The zero-order valence-corrected chi connectivity index (χ0v) is 10.9. The second kappa shape index (κ2) is 6.50. The Kier molecular flexibility index (Phi) is 5.28. The Morgan fingerprint density at radius 2 is 1.94 bits per heavy atom. The fraction of sp³-hybridized carbons (Fsp3) is 0.500. The third-order valence-corrected chi connectivity index (χ3v) is 2.75. The van der Waals surface area contributed by atoms with Gasteiger partial charge in [-0.25, -0.2) is 4.39 Å². The third-order valence-electron chi connectivity index (χ3n) is 2.75. The van der Waals surface area contributed by atoms with Crippen LogP contribution < -0.4 is 5.32 Å². The molecule has 1 aromatic carbocycles. The monoisotopic (exact) mass is 253 g/mol. The number of aryl methyl sites for hydroxylation is 1. The third kappa shape index (κ3) is 5.27. The fourth-order valence-corrected chi connectivity index (χ4v) is 1.39. The summed E-state index contributed by atoms with van der Waals surface area (Å²) in [6.45, 7) is 4.25. The van der Waals surface area contributed by atoms with Crippen LogP contribution in [0.1, 0.15) is 25.8 Å². The number of hydrogen-bond donors (Lipinski definition) is 2. The van der Waals surface area contributed by atoms with Gasteiger partial charge in [0, 0.05) is 25.0 Å². The molecule has 1 amide bonds. The van der Waals surface area contributed by atoms with Gasteiger partial charge in [0.05, 0.1) is 0 Å². The van der Waals surface area contributed by atoms with E-state index < -0.39 is 0 Å². The Labute approximate surface area is 107 Å². The van der Waals surface area contributed by atoms with Crippen molar-refractivity contribution in [2.45, 2.75) is 26.7 Å². The van der Waals surface area contributed by atoms with Crippen molar-refractivity contribution in [3.63, 3.8) is 0 Å². The summed E-state index contributed by atoms with van der Waals surface area (Å²) in [7, 11) is 0. The first-order valence-corrected chi connectivity index (χ1v) is 6.05. The van der Waals surface area contributed by atoms with E-state index in [1.54, 1.807) is 12.1 Å². The lowest BCUT2D eigenvalue weighted by Crippen LogP contribution is -2.36. The van der Waals surface area contributed by atoms with Gasteiger partial charge in [-0.1, -0.05) is 26.0 Å². The lowest BCUT2D eigenvalue weighted by Gasteiger charge is -2.21. The molecule has 4 heteroatoms. The van der Waals surface area contributed by atoms with Gasteiger partial charge in [-0.3, -0.25) is 4.79 Å². The molecule has 0 radical (unpaired) electrons. The van der Waals surface area contributed by atoms with E-state index in [0.29, 0.717) is 19.4 Å². The Bertz CT molecular complexity index is 387. The molecule has 0 saturated carbocycles. The van der Waals surface area contributed by atoms with Crippen LogP contribution in [0.15, 0.2) is 24.3 Å². The predicted octanol–water partition coefficient (Wildman–Crippen LogP) is 1.89. The largest absolute Gasteiger partial charge is 0.396 e. The maximum Gasteiger partial charge on any atom is 0.220 e. The fourth-order valence-electron chi connectivity index (χ4n) is 1.39. The summed E-state index contributed by atoms with van der Waals surface area (Å²) in [5, 5.41) is 11.8. The second-order valence-electron chi connectivity index (χ2n) is 5.23. The smallest absolute Gasteiger partial charge is 0.220 e. The molecular weight excluding hydrogens is 233 g/mol. The Morgan fingerprint density at radius 1 is 1.33 bits per heavy atom. The van der Waals surface area contributed by atoms with Gasteiger partial charge in [0.15, 0.2) is 0 Å². The minimum absolute atomic E-state index is 0.0330. The standard InChI is InChI=1S/C14H20FNO2/c1-14(2,10-17)9-16-13(18)8-5-11-3-6-12(15)7-4-11/h3-4,6-7,17H,5,8-10H2,1-2H3,(H,16,18). The number of aliphatic hydroxyl groups excluding tert-OH is 1. The Balaban J connectivity index is 2.31. The zero-order chi connectivity index (χ0) is 13.6. The maximum absolute atomic E-state index is 12.7. The summed E-state index contributed by atoms with van der Waals surface area (Å²) in [6.07, 6.45) is 0.957. The van der Waals surface area contributed by atoms with Crippen molar-refractivity contribution >= 4 is 5.91 Å². The van der Waals surface area contributed by atoms with Gasteiger partial charge in [0.1, 0.15) is 5.82 Å². The molecule has 0 aromatic heterocycles. The molecule has 0 bridgehead atoms. The van der Waals surface area contributed by atoms with Crippen molar-refractivity contribution in [1.82, 2.24) is 5.32 Å². The number of amides is 1. The van der Waals surface area contributed by atoms with Crippen LogP contribution in [0.3, 0.4) is 0 Å². The van der Waals surface area contributed by atoms with Gasteiger partial charge >= 0.3 is 0 Å².